The van der Waals surface area contributed by atoms with Gasteiger partial charge in [-0.1, -0.05) is 36.4 Å². The van der Waals surface area contributed by atoms with E-state index in [1.54, 1.807) is 24.0 Å². The van der Waals surface area contributed by atoms with Crippen LogP contribution in [0.3, 0.4) is 0 Å². The number of hydrogen-bond donors (Lipinski definition) is 0. The lowest BCUT2D eigenvalue weighted by atomic mass is 9.99. The van der Waals surface area contributed by atoms with Crippen LogP contribution < -0.4 is 0 Å². The standard InChI is InChI=1S/C21H20FNO3/c1-15(26-20(24)10-9-16-5-4-8-19(22)13-16)21(25)23-12-11-17-6-2-3-7-18(17)14-23/h2-10,13,15H,11-12,14H2,1H3/b10-9+/t15-/m0/s1. The molecule has 0 bridgehead atoms. The number of amides is 1. The molecule has 0 radical (unpaired) electrons. The number of ether oxygens (including phenoxy) is 1. The minimum atomic E-state index is -0.870. The Morgan fingerprint density at radius 2 is 1.92 bits per heavy atom. The van der Waals surface area contributed by atoms with Gasteiger partial charge in [0.05, 0.1) is 0 Å². The molecule has 4 nitrogen and oxygen atoms in total. The normalized spacial score (nSPS) is 14.8. The van der Waals surface area contributed by atoms with Gasteiger partial charge in [0.15, 0.2) is 6.10 Å². The molecule has 0 N–H and O–H groups in total. The molecule has 1 atom stereocenters. The van der Waals surface area contributed by atoms with Gasteiger partial charge in [0.1, 0.15) is 5.82 Å². The molecule has 1 heterocycles. The number of benzene rings is 2. The molecule has 5 heteroatoms. The van der Waals surface area contributed by atoms with Gasteiger partial charge in [0, 0.05) is 19.2 Å². The van der Waals surface area contributed by atoms with Crippen molar-refractivity contribution in [1.29, 1.82) is 0 Å². The zero-order valence-electron chi connectivity index (χ0n) is 14.5. The predicted molar refractivity (Wildman–Crippen MR) is 96.6 cm³/mol. The number of carbonyl (C=O) groups excluding carboxylic acids is 2. The Morgan fingerprint density at radius 1 is 1.15 bits per heavy atom. The summed E-state index contributed by atoms with van der Waals surface area (Å²) in [4.78, 5) is 26.2. The lowest BCUT2D eigenvalue weighted by Gasteiger charge is -2.30. The minimum Gasteiger partial charge on any atom is -0.449 e. The molecule has 0 saturated carbocycles. The van der Waals surface area contributed by atoms with Gasteiger partial charge in [-0.25, -0.2) is 9.18 Å². The van der Waals surface area contributed by atoms with Gasteiger partial charge < -0.3 is 9.64 Å². The third kappa shape index (κ3) is 4.36. The van der Waals surface area contributed by atoms with E-state index in [9.17, 15) is 14.0 Å². The van der Waals surface area contributed by atoms with E-state index in [2.05, 4.69) is 6.07 Å². The van der Waals surface area contributed by atoms with Crippen molar-refractivity contribution in [3.63, 3.8) is 0 Å². The third-order valence-electron chi connectivity index (χ3n) is 4.34. The molecular weight excluding hydrogens is 333 g/mol. The summed E-state index contributed by atoms with van der Waals surface area (Å²) in [6.45, 7) is 2.70. The second kappa shape index (κ2) is 7.95. The molecule has 26 heavy (non-hydrogen) atoms. The molecule has 0 fully saturated rings. The highest BCUT2D eigenvalue weighted by molar-refractivity contribution is 5.90. The average molecular weight is 353 g/mol. The Balaban J connectivity index is 1.56. The number of fused-ring (bicyclic) bond motifs is 1. The average Bonchev–Trinajstić information content (AvgIpc) is 2.65. The van der Waals surface area contributed by atoms with Crippen LogP contribution in [0, 0.1) is 5.82 Å². The Bertz CT molecular complexity index is 847. The molecule has 3 rings (SSSR count). The van der Waals surface area contributed by atoms with Gasteiger partial charge in [-0.3, -0.25) is 4.79 Å². The lowest BCUT2D eigenvalue weighted by Crippen LogP contribution is -2.42. The van der Waals surface area contributed by atoms with Crippen LogP contribution in [0.25, 0.3) is 6.08 Å². The van der Waals surface area contributed by atoms with Crippen LogP contribution in [-0.2, 0) is 27.3 Å². The molecular formula is C21H20FNO3. The van der Waals surface area contributed by atoms with Crippen molar-refractivity contribution >= 4 is 18.0 Å². The fraction of sp³-hybridized carbons (Fsp3) is 0.238. The van der Waals surface area contributed by atoms with Crippen molar-refractivity contribution in [1.82, 2.24) is 4.90 Å². The van der Waals surface area contributed by atoms with E-state index in [-0.39, 0.29) is 11.7 Å². The van der Waals surface area contributed by atoms with E-state index in [1.165, 1.54) is 29.8 Å². The molecule has 1 aliphatic rings. The minimum absolute atomic E-state index is 0.216. The Hall–Kier alpha value is -2.95. The number of esters is 1. The van der Waals surface area contributed by atoms with E-state index in [4.69, 9.17) is 4.74 Å². The summed E-state index contributed by atoms with van der Waals surface area (Å²) in [5.74, 6) is -1.23. The third-order valence-corrected chi connectivity index (χ3v) is 4.34. The van der Waals surface area contributed by atoms with Crippen LogP contribution >= 0.6 is 0 Å². The van der Waals surface area contributed by atoms with E-state index in [0.717, 1.165) is 12.0 Å². The predicted octanol–water partition coefficient (Wildman–Crippen LogP) is 3.36. The Kier molecular flexibility index (Phi) is 5.46. The van der Waals surface area contributed by atoms with Crippen LogP contribution in [0.2, 0.25) is 0 Å². The smallest absolute Gasteiger partial charge is 0.331 e. The number of hydrogen-bond acceptors (Lipinski definition) is 3. The summed E-state index contributed by atoms with van der Waals surface area (Å²) in [6, 6.07) is 13.9. The number of carbonyl (C=O) groups is 2. The molecule has 0 aromatic heterocycles. The zero-order chi connectivity index (χ0) is 18.5. The fourth-order valence-corrected chi connectivity index (χ4v) is 2.98. The van der Waals surface area contributed by atoms with E-state index < -0.39 is 12.1 Å². The van der Waals surface area contributed by atoms with E-state index >= 15 is 0 Å². The van der Waals surface area contributed by atoms with E-state index in [0.29, 0.717) is 18.7 Å². The van der Waals surface area contributed by atoms with Gasteiger partial charge in [-0.15, -0.1) is 0 Å². The maximum atomic E-state index is 13.1. The van der Waals surface area contributed by atoms with Gasteiger partial charge in [-0.2, -0.15) is 0 Å². The molecule has 2 aromatic rings. The first-order valence-corrected chi connectivity index (χ1v) is 8.53. The highest BCUT2D eigenvalue weighted by atomic mass is 19.1. The number of nitrogens with zero attached hydrogens (tertiary/aromatic N) is 1. The molecule has 1 amide bonds. The highest BCUT2D eigenvalue weighted by Crippen LogP contribution is 2.19. The van der Waals surface area contributed by atoms with Crippen LogP contribution in [0.15, 0.2) is 54.6 Å². The summed E-state index contributed by atoms with van der Waals surface area (Å²) in [5, 5.41) is 0. The second-order valence-corrected chi connectivity index (χ2v) is 6.25. The zero-order valence-corrected chi connectivity index (χ0v) is 14.5. The van der Waals surface area contributed by atoms with Crippen molar-refractivity contribution < 1.29 is 18.7 Å². The first kappa shape index (κ1) is 17.9. The molecule has 134 valence electrons. The largest absolute Gasteiger partial charge is 0.449 e. The molecule has 2 aromatic carbocycles. The molecule has 0 saturated heterocycles. The van der Waals surface area contributed by atoms with Crippen molar-refractivity contribution in [2.75, 3.05) is 6.54 Å². The lowest BCUT2D eigenvalue weighted by molar-refractivity contribution is -0.155. The topological polar surface area (TPSA) is 46.6 Å². The Labute approximate surface area is 151 Å². The molecule has 0 aliphatic carbocycles. The number of rotatable bonds is 4. The molecule has 1 aliphatic heterocycles. The molecule has 0 unspecified atom stereocenters. The van der Waals surface area contributed by atoms with Crippen LogP contribution in [-0.4, -0.2) is 29.4 Å². The van der Waals surface area contributed by atoms with E-state index in [1.807, 2.05) is 18.2 Å². The first-order valence-electron chi connectivity index (χ1n) is 8.53. The highest BCUT2D eigenvalue weighted by Gasteiger charge is 2.26. The SMILES string of the molecule is C[C@H](OC(=O)/C=C/c1cccc(F)c1)C(=O)N1CCc2ccccc2C1. The van der Waals surface area contributed by atoms with Gasteiger partial charge in [0.25, 0.3) is 5.91 Å². The van der Waals surface area contributed by atoms with Crippen LogP contribution in [0.5, 0.6) is 0 Å². The van der Waals surface area contributed by atoms with Crippen molar-refractivity contribution in [2.24, 2.45) is 0 Å². The monoisotopic (exact) mass is 353 g/mol. The number of halogens is 1. The summed E-state index contributed by atoms with van der Waals surface area (Å²) >= 11 is 0. The van der Waals surface area contributed by atoms with Crippen molar-refractivity contribution in [3.8, 4) is 0 Å². The maximum absolute atomic E-state index is 13.1. The van der Waals surface area contributed by atoms with Gasteiger partial charge in [-0.05, 0) is 48.2 Å². The summed E-state index contributed by atoms with van der Waals surface area (Å²) in [7, 11) is 0. The fourth-order valence-electron chi connectivity index (χ4n) is 2.98. The second-order valence-electron chi connectivity index (χ2n) is 6.25. The van der Waals surface area contributed by atoms with Gasteiger partial charge in [0.2, 0.25) is 0 Å². The molecule has 0 spiro atoms. The van der Waals surface area contributed by atoms with Crippen molar-refractivity contribution in [2.45, 2.75) is 26.0 Å². The summed E-state index contributed by atoms with van der Waals surface area (Å²) in [6.07, 6.45) is 2.58. The van der Waals surface area contributed by atoms with Crippen LogP contribution in [0.1, 0.15) is 23.6 Å². The quantitative estimate of drug-likeness (QED) is 0.625. The van der Waals surface area contributed by atoms with Gasteiger partial charge >= 0.3 is 5.97 Å². The van der Waals surface area contributed by atoms with Crippen LogP contribution in [0.4, 0.5) is 4.39 Å². The summed E-state index contributed by atoms with van der Waals surface area (Å²) < 4.78 is 18.3. The Morgan fingerprint density at radius 3 is 2.69 bits per heavy atom. The maximum Gasteiger partial charge on any atom is 0.331 e. The summed E-state index contributed by atoms with van der Waals surface area (Å²) in [5.41, 5.74) is 2.92. The first-order chi connectivity index (χ1) is 12.5. The van der Waals surface area contributed by atoms with Crippen molar-refractivity contribution in [3.05, 3.63) is 77.1 Å².